The molecule has 1 aliphatic rings. The van der Waals surface area contributed by atoms with Gasteiger partial charge in [0, 0.05) is 18.0 Å². The Labute approximate surface area is 220 Å². The summed E-state index contributed by atoms with van der Waals surface area (Å²) in [4.78, 5) is 66.8. The SMILES string of the molecule is O=C(COC(=O)c1ccc(N2C(=O)CC(NNC(=O)c3cccnc3)C2=O)cc1)c1ccc(Cl)c(Cl)c1. The van der Waals surface area contributed by atoms with Crippen molar-refractivity contribution >= 4 is 58.4 Å². The summed E-state index contributed by atoms with van der Waals surface area (Å²) in [6.45, 7) is -0.514. The highest BCUT2D eigenvalue weighted by atomic mass is 35.5. The number of nitrogens with one attached hydrogen (secondary N) is 2. The van der Waals surface area contributed by atoms with E-state index in [2.05, 4.69) is 15.8 Å². The number of carbonyl (C=O) groups excluding carboxylic acids is 5. The average molecular weight is 541 g/mol. The van der Waals surface area contributed by atoms with Crippen molar-refractivity contribution in [2.45, 2.75) is 12.5 Å². The molecule has 4 rings (SSSR count). The van der Waals surface area contributed by atoms with E-state index in [0.717, 1.165) is 4.90 Å². The number of carbonyl (C=O) groups is 5. The summed E-state index contributed by atoms with van der Waals surface area (Å²) in [6.07, 6.45) is 2.71. The number of pyridine rings is 1. The Morgan fingerprint density at radius 1 is 0.973 bits per heavy atom. The molecule has 0 spiro atoms. The van der Waals surface area contributed by atoms with Crippen LogP contribution in [0.2, 0.25) is 10.0 Å². The number of Topliss-reactive ketones (excluding diaryl/α,β-unsaturated/α-hetero) is 1. The molecular weight excluding hydrogens is 523 g/mol. The van der Waals surface area contributed by atoms with E-state index in [1.54, 1.807) is 12.1 Å². The molecule has 12 heteroatoms. The lowest BCUT2D eigenvalue weighted by molar-refractivity contribution is -0.121. The van der Waals surface area contributed by atoms with Gasteiger partial charge in [0.1, 0.15) is 6.04 Å². The van der Waals surface area contributed by atoms with Gasteiger partial charge in [-0.05, 0) is 54.6 Å². The van der Waals surface area contributed by atoms with Gasteiger partial charge in [0.2, 0.25) is 5.91 Å². The Morgan fingerprint density at radius 2 is 1.70 bits per heavy atom. The van der Waals surface area contributed by atoms with Gasteiger partial charge in [-0.25, -0.2) is 15.1 Å². The maximum Gasteiger partial charge on any atom is 0.338 e. The maximum absolute atomic E-state index is 12.8. The van der Waals surface area contributed by atoms with Crippen LogP contribution in [0, 0.1) is 0 Å². The molecule has 10 nitrogen and oxygen atoms in total. The van der Waals surface area contributed by atoms with Gasteiger partial charge in [0.25, 0.3) is 11.8 Å². The topological polar surface area (TPSA) is 135 Å². The highest BCUT2D eigenvalue weighted by molar-refractivity contribution is 6.42. The molecule has 188 valence electrons. The number of rotatable bonds is 8. The summed E-state index contributed by atoms with van der Waals surface area (Å²) >= 11 is 11.7. The highest BCUT2D eigenvalue weighted by Gasteiger charge is 2.39. The molecule has 0 aliphatic carbocycles. The zero-order valence-electron chi connectivity index (χ0n) is 18.9. The fourth-order valence-corrected chi connectivity index (χ4v) is 3.75. The van der Waals surface area contributed by atoms with Crippen molar-refractivity contribution in [3.8, 4) is 0 Å². The molecule has 1 saturated heterocycles. The van der Waals surface area contributed by atoms with Gasteiger partial charge in [0.05, 0.1) is 33.3 Å². The van der Waals surface area contributed by atoms with E-state index >= 15 is 0 Å². The summed E-state index contributed by atoms with van der Waals surface area (Å²) < 4.78 is 5.06. The normalized spacial score (nSPS) is 15.0. The van der Waals surface area contributed by atoms with Gasteiger partial charge in [-0.15, -0.1) is 0 Å². The van der Waals surface area contributed by atoms with Gasteiger partial charge in [-0.2, -0.15) is 0 Å². The number of anilines is 1. The van der Waals surface area contributed by atoms with Crippen molar-refractivity contribution in [1.82, 2.24) is 15.8 Å². The lowest BCUT2D eigenvalue weighted by atomic mass is 10.1. The Balaban J connectivity index is 1.33. The van der Waals surface area contributed by atoms with Crippen LogP contribution in [0.4, 0.5) is 5.69 Å². The second-order valence-electron chi connectivity index (χ2n) is 7.84. The summed E-state index contributed by atoms with van der Waals surface area (Å²) in [5.41, 5.74) is 5.85. The third-order valence-corrected chi connectivity index (χ3v) is 6.11. The first-order valence-corrected chi connectivity index (χ1v) is 11.6. The van der Waals surface area contributed by atoms with Crippen LogP contribution < -0.4 is 15.8 Å². The quantitative estimate of drug-likeness (QED) is 0.192. The van der Waals surface area contributed by atoms with E-state index in [1.807, 2.05) is 0 Å². The number of ketones is 1. The van der Waals surface area contributed by atoms with Gasteiger partial charge < -0.3 is 4.74 Å². The summed E-state index contributed by atoms with van der Waals surface area (Å²) in [5, 5.41) is 0.496. The molecule has 0 saturated carbocycles. The molecule has 1 unspecified atom stereocenters. The van der Waals surface area contributed by atoms with Crippen molar-refractivity contribution in [2.24, 2.45) is 0 Å². The minimum Gasteiger partial charge on any atom is -0.454 e. The molecule has 3 amide bonds. The number of aromatic nitrogens is 1. The maximum atomic E-state index is 12.8. The third-order valence-electron chi connectivity index (χ3n) is 5.37. The molecule has 1 fully saturated rings. The molecular formula is C25H18Cl2N4O6. The van der Waals surface area contributed by atoms with Crippen molar-refractivity contribution in [2.75, 3.05) is 11.5 Å². The predicted octanol–water partition coefficient (Wildman–Crippen LogP) is 2.99. The summed E-state index contributed by atoms with van der Waals surface area (Å²) in [7, 11) is 0. The van der Waals surface area contributed by atoms with Gasteiger partial charge in [-0.1, -0.05) is 23.2 Å². The third kappa shape index (κ3) is 6.00. The van der Waals surface area contributed by atoms with Crippen LogP contribution in [0.3, 0.4) is 0 Å². The van der Waals surface area contributed by atoms with Crippen LogP contribution in [0.25, 0.3) is 0 Å². The standard InChI is InChI=1S/C25H18Cl2N4O6/c26-18-8-5-15(10-19(18)27)21(32)13-37-25(36)14-3-6-17(7-4-14)31-22(33)11-20(24(31)35)29-30-23(34)16-2-1-9-28-12-16/h1-10,12,20,29H,11,13H2,(H,30,34). The first kappa shape index (κ1) is 26.0. The largest absolute Gasteiger partial charge is 0.454 e. The lowest BCUT2D eigenvalue weighted by Crippen LogP contribution is -2.48. The zero-order valence-corrected chi connectivity index (χ0v) is 20.5. The molecule has 1 aliphatic heterocycles. The molecule has 1 atom stereocenters. The molecule has 3 aromatic rings. The van der Waals surface area contributed by atoms with E-state index < -0.39 is 42.1 Å². The van der Waals surface area contributed by atoms with Gasteiger partial charge >= 0.3 is 5.97 Å². The number of benzene rings is 2. The minimum atomic E-state index is -0.967. The van der Waals surface area contributed by atoms with Crippen LogP contribution in [0.5, 0.6) is 0 Å². The first-order chi connectivity index (χ1) is 17.7. The second-order valence-corrected chi connectivity index (χ2v) is 8.65. The average Bonchev–Trinajstić information content (AvgIpc) is 3.20. The summed E-state index contributed by atoms with van der Waals surface area (Å²) in [5.74, 6) is -2.80. The van der Waals surface area contributed by atoms with Crippen LogP contribution in [-0.4, -0.2) is 47.1 Å². The second kappa shape index (κ2) is 11.3. The number of amides is 3. The molecule has 37 heavy (non-hydrogen) atoms. The van der Waals surface area contributed by atoms with Crippen LogP contribution >= 0.6 is 23.2 Å². The van der Waals surface area contributed by atoms with E-state index in [4.69, 9.17) is 27.9 Å². The molecule has 0 bridgehead atoms. The Morgan fingerprint density at radius 3 is 2.38 bits per heavy atom. The molecule has 1 aromatic heterocycles. The zero-order chi connectivity index (χ0) is 26.5. The Bertz CT molecular complexity index is 1380. The van der Waals surface area contributed by atoms with Crippen LogP contribution in [0.15, 0.2) is 67.0 Å². The van der Waals surface area contributed by atoms with Crippen molar-refractivity contribution in [3.63, 3.8) is 0 Å². The fraction of sp³-hybridized carbons (Fsp3) is 0.120. The summed E-state index contributed by atoms with van der Waals surface area (Å²) in [6, 6.07) is 12.0. The smallest absolute Gasteiger partial charge is 0.338 e. The Kier molecular flexibility index (Phi) is 7.92. The van der Waals surface area contributed by atoms with E-state index in [-0.39, 0.29) is 33.8 Å². The number of imide groups is 1. The predicted molar refractivity (Wildman–Crippen MR) is 133 cm³/mol. The van der Waals surface area contributed by atoms with Crippen molar-refractivity contribution in [3.05, 3.63) is 93.7 Å². The molecule has 2 heterocycles. The van der Waals surface area contributed by atoms with Crippen LogP contribution in [-0.2, 0) is 14.3 Å². The molecule has 0 radical (unpaired) electrons. The number of ether oxygens (including phenoxy) is 1. The number of halogens is 2. The van der Waals surface area contributed by atoms with Gasteiger partial charge in [-0.3, -0.25) is 29.6 Å². The van der Waals surface area contributed by atoms with E-state index in [0.29, 0.717) is 5.02 Å². The van der Waals surface area contributed by atoms with Gasteiger partial charge in [0.15, 0.2) is 12.4 Å². The first-order valence-electron chi connectivity index (χ1n) is 10.8. The number of esters is 1. The van der Waals surface area contributed by atoms with Crippen molar-refractivity contribution in [1.29, 1.82) is 0 Å². The number of hydrazine groups is 1. The number of hydrogen-bond donors (Lipinski definition) is 2. The van der Waals surface area contributed by atoms with Crippen molar-refractivity contribution < 1.29 is 28.7 Å². The molecule has 2 N–H and O–H groups in total. The lowest BCUT2D eigenvalue weighted by Gasteiger charge is -2.16. The minimum absolute atomic E-state index is 0.114. The fourth-order valence-electron chi connectivity index (χ4n) is 3.45. The van der Waals surface area contributed by atoms with E-state index in [1.165, 1.54) is 54.9 Å². The number of hydrogen-bond acceptors (Lipinski definition) is 8. The number of nitrogens with zero attached hydrogens (tertiary/aromatic N) is 2. The Hall–Kier alpha value is -4.12. The molecule has 2 aromatic carbocycles. The van der Waals surface area contributed by atoms with E-state index in [9.17, 15) is 24.0 Å². The highest BCUT2D eigenvalue weighted by Crippen LogP contribution is 2.24. The monoisotopic (exact) mass is 540 g/mol. The van der Waals surface area contributed by atoms with Crippen LogP contribution in [0.1, 0.15) is 37.5 Å².